The number of rotatable bonds is 9. The van der Waals surface area contributed by atoms with E-state index in [-0.39, 0.29) is 17.6 Å². The third kappa shape index (κ3) is 15.9. The maximum Gasteiger partial charge on any atom is 0.0669 e. The normalized spacial score (nSPS) is 16.1. The molecule has 0 amide bonds. The summed E-state index contributed by atoms with van der Waals surface area (Å²) in [5.41, 5.74) is 22.1. The maximum atomic E-state index is 5.62. The van der Waals surface area contributed by atoms with Crippen LogP contribution < -0.4 is 22.9 Å². The lowest BCUT2D eigenvalue weighted by molar-refractivity contribution is 0.0646. The molecule has 0 saturated heterocycles. The standard InChI is InChI=1S/C9H22N2.C6H16N2O/c1-8(4-5-10)6-9(2,3)7-11;1-5(8)4-9-6(2)3-7/h8H,4-7,10-11H2,1-3H3;5-6H,3-4,7-8H2,1-2H3. The van der Waals surface area contributed by atoms with Gasteiger partial charge in [-0.25, -0.2) is 0 Å². The number of ether oxygens (including phenoxy) is 1. The first-order valence-corrected chi connectivity index (χ1v) is 7.65. The summed E-state index contributed by atoms with van der Waals surface area (Å²) in [5.74, 6) is 0.707. The molecule has 0 heterocycles. The van der Waals surface area contributed by atoms with E-state index in [0.29, 0.717) is 19.1 Å². The molecule has 20 heavy (non-hydrogen) atoms. The molecule has 0 rings (SSSR count). The monoisotopic (exact) mass is 290 g/mol. The van der Waals surface area contributed by atoms with Gasteiger partial charge in [0.05, 0.1) is 12.7 Å². The van der Waals surface area contributed by atoms with Crippen molar-refractivity contribution in [2.45, 2.75) is 59.6 Å². The molecule has 0 radical (unpaired) electrons. The average Bonchev–Trinajstić information content (AvgIpc) is 2.36. The Bertz CT molecular complexity index is 210. The van der Waals surface area contributed by atoms with E-state index in [0.717, 1.165) is 19.5 Å². The second kappa shape index (κ2) is 12.5. The summed E-state index contributed by atoms with van der Waals surface area (Å²) in [5, 5.41) is 0. The van der Waals surface area contributed by atoms with Crippen molar-refractivity contribution in [1.82, 2.24) is 0 Å². The van der Waals surface area contributed by atoms with Crippen LogP contribution in [0.5, 0.6) is 0 Å². The molecule has 3 unspecified atom stereocenters. The lowest BCUT2D eigenvalue weighted by Crippen LogP contribution is -2.28. The molecule has 0 spiro atoms. The van der Waals surface area contributed by atoms with Crippen LogP contribution in [0.1, 0.15) is 47.5 Å². The van der Waals surface area contributed by atoms with Crippen LogP contribution in [-0.4, -0.2) is 38.4 Å². The van der Waals surface area contributed by atoms with Crippen LogP contribution in [0, 0.1) is 11.3 Å². The second-order valence-corrected chi connectivity index (χ2v) is 6.61. The zero-order valence-corrected chi connectivity index (χ0v) is 14.2. The Morgan fingerprint density at radius 3 is 1.95 bits per heavy atom. The van der Waals surface area contributed by atoms with E-state index in [1.165, 1.54) is 6.42 Å². The molecule has 0 bridgehead atoms. The van der Waals surface area contributed by atoms with Crippen molar-refractivity contribution in [3.8, 4) is 0 Å². The lowest BCUT2D eigenvalue weighted by atomic mass is 9.82. The third-order valence-corrected chi connectivity index (χ3v) is 3.09. The van der Waals surface area contributed by atoms with E-state index in [4.69, 9.17) is 27.7 Å². The van der Waals surface area contributed by atoms with Gasteiger partial charge in [0.1, 0.15) is 0 Å². The van der Waals surface area contributed by atoms with Crippen molar-refractivity contribution in [2.24, 2.45) is 34.3 Å². The third-order valence-electron chi connectivity index (χ3n) is 3.09. The van der Waals surface area contributed by atoms with Crippen molar-refractivity contribution < 1.29 is 4.74 Å². The van der Waals surface area contributed by atoms with Crippen molar-refractivity contribution in [3.63, 3.8) is 0 Å². The topological polar surface area (TPSA) is 113 Å². The van der Waals surface area contributed by atoms with Gasteiger partial charge in [-0.1, -0.05) is 20.8 Å². The van der Waals surface area contributed by atoms with E-state index in [1.54, 1.807) is 0 Å². The van der Waals surface area contributed by atoms with E-state index in [2.05, 4.69) is 20.8 Å². The highest BCUT2D eigenvalue weighted by atomic mass is 16.5. The first-order chi connectivity index (χ1) is 9.18. The van der Waals surface area contributed by atoms with Gasteiger partial charge in [0.2, 0.25) is 0 Å². The molecule has 5 heteroatoms. The Labute approximate surface area is 125 Å². The first kappa shape index (κ1) is 22.1. The molecule has 0 fully saturated rings. The molecule has 0 aliphatic carbocycles. The molecule has 0 aromatic rings. The summed E-state index contributed by atoms with van der Waals surface area (Å²) in [4.78, 5) is 0. The average molecular weight is 290 g/mol. The molecule has 5 nitrogen and oxygen atoms in total. The zero-order valence-electron chi connectivity index (χ0n) is 14.2. The van der Waals surface area contributed by atoms with Crippen molar-refractivity contribution in [2.75, 3.05) is 26.2 Å². The Morgan fingerprint density at radius 1 is 1.05 bits per heavy atom. The molecule has 0 aliphatic rings. The Kier molecular flexibility index (Phi) is 13.8. The van der Waals surface area contributed by atoms with Gasteiger partial charge < -0.3 is 27.7 Å². The van der Waals surface area contributed by atoms with Crippen LogP contribution in [0.2, 0.25) is 0 Å². The predicted molar refractivity (Wildman–Crippen MR) is 88.4 cm³/mol. The summed E-state index contributed by atoms with van der Waals surface area (Å²) >= 11 is 0. The van der Waals surface area contributed by atoms with Gasteiger partial charge in [0, 0.05) is 12.6 Å². The van der Waals surface area contributed by atoms with E-state index >= 15 is 0 Å². The van der Waals surface area contributed by atoms with Gasteiger partial charge in [-0.3, -0.25) is 0 Å². The first-order valence-electron chi connectivity index (χ1n) is 7.65. The zero-order chi connectivity index (χ0) is 16.2. The molecule has 0 aromatic heterocycles. The Hall–Kier alpha value is -0.200. The molecule has 0 saturated carbocycles. The molecule has 0 aromatic carbocycles. The highest BCUT2D eigenvalue weighted by molar-refractivity contribution is 4.72. The Morgan fingerprint density at radius 2 is 1.60 bits per heavy atom. The van der Waals surface area contributed by atoms with Gasteiger partial charge in [0.25, 0.3) is 0 Å². The molecule has 3 atom stereocenters. The minimum atomic E-state index is 0.110. The fourth-order valence-electron chi connectivity index (χ4n) is 1.80. The number of hydrogen-bond acceptors (Lipinski definition) is 5. The minimum absolute atomic E-state index is 0.110. The van der Waals surface area contributed by atoms with Crippen molar-refractivity contribution >= 4 is 0 Å². The summed E-state index contributed by atoms with van der Waals surface area (Å²) in [6.07, 6.45) is 2.43. The smallest absolute Gasteiger partial charge is 0.0669 e. The Balaban J connectivity index is 0. The highest BCUT2D eigenvalue weighted by Gasteiger charge is 2.18. The van der Waals surface area contributed by atoms with Gasteiger partial charge in [-0.2, -0.15) is 0 Å². The van der Waals surface area contributed by atoms with Crippen molar-refractivity contribution in [1.29, 1.82) is 0 Å². The molecular formula is C15H38N4O. The summed E-state index contributed by atoms with van der Waals surface area (Å²) < 4.78 is 5.20. The molecule has 124 valence electrons. The van der Waals surface area contributed by atoms with Crippen molar-refractivity contribution in [3.05, 3.63) is 0 Å². The van der Waals surface area contributed by atoms with Crippen LogP contribution in [-0.2, 0) is 4.74 Å². The highest BCUT2D eigenvalue weighted by Crippen LogP contribution is 2.24. The van der Waals surface area contributed by atoms with Gasteiger partial charge in [0.15, 0.2) is 0 Å². The summed E-state index contributed by atoms with van der Waals surface area (Å²) in [6.45, 7) is 13.2. The minimum Gasteiger partial charge on any atom is -0.376 e. The number of hydrogen-bond donors (Lipinski definition) is 4. The molecular weight excluding hydrogens is 252 g/mol. The fourth-order valence-corrected chi connectivity index (χ4v) is 1.80. The SMILES string of the molecule is CC(CCN)CC(C)(C)CN.CC(N)COC(C)CN. The molecule has 8 N–H and O–H groups in total. The van der Waals surface area contributed by atoms with E-state index in [1.807, 2.05) is 13.8 Å². The van der Waals surface area contributed by atoms with Crippen LogP contribution in [0.25, 0.3) is 0 Å². The summed E-state index contributed by atoms with van der Waals surface area (Å²) in [7, 11) is 0. The predicted octanol–water partition coefficient (Wildman–Crippen LogP) is 1.04. The van der Waals surface area contributed by atoms with Gasteiger partial charge in [-0.15, -0.1) is 0 Å². The quantitative estimate of drug-likeness (QED) is 0.507. The lowest BCUT2D eigenvalue weighted by Gasteiger charge is -2.25. The van der Waals surface area contributed by atoms with E-state index < -0.39 is 0 Å². The van der Waals surface area contributed by atoms with Crippen LogP contribution in [0.3, 0.4) is 0 Å². The van der Waals surface area contributed by atoms with Crippen LogP contribution in [0.4, 0.5) is 0 Å². The fraction of sp³-hybridized carbons (Fsp3) is 1.00. The van der Waals surface area contributed by atoms with Gasteiger partial charge >= 0.3 is 0 Å². The number of nitrogens with two attached hydrogens (primary N) is 4. The largest absolute Gasteiger partial charge is 0.376 e. The van der Waals surface area contributed by atoms with Crippen LogP contribution in [0.15, 0.2) is 0 Å². The van der Waals surface area contributed by atoms with Gasteiger partial charge in [-0.05, 0) is 51.1 Å². The second-order valence-electron chi connectivity index (χ2n) is 6.61. The maximum absolute atomic E-state index is 5.62. The summed E-state index contributed by atoms with van der Waals surface area (Å²) in [6, 6.07) is 0.110. The van der Waals surface area contributed by atoms with E-state index in [9.17, 15) is 0 Å². The molecule has 0 aliphatic heterocycles. The van der Waals surface area contributed by atoms with Crippen LogP contribution >= 0.6 is 0 Å².